The number of rotatable bonds is 11. The molecule has 3 aromatic carbocycles. The van der Waals surface area contributed by atoms with Gasteiger partial charge < -0.3 is 24.5 Å². The summed E-state index contributed by atoms with van der Waals surface area (Å²) in [5.41, 5.74) is 5.05. The molecule has 2 aliphatic rings. The van der Waals surface area contributed by atoms with Crippen molar-refractivity contribution in [1.82, 2.24) is 28.9 Å². The Morgan fingerprint density at radius 1 is 0.982 bits per heavy atom. The molecule has 12 nitrogen and oxygen atoms in total. The van der Waals surface area contributed by atoms with Crippen LogP contribution in [0.25, 0.3) is 32.8 Å². The van der Waals surface area contributed by atoms with Crippen molar-refractivity contribution in [2.75, 3.05) is 65.3 Å². The van der Waals surface area contributed by atoms with E-state index in [1.807, 2.05) is 71.8 Å². The maximum atomic E-state index is 13.9. The van der Waals surface area contributed by atoms with Gasteiger partial charge in [0.25, 0.3) is 0 Å². The average Bonchev–Trinajstić information content (AvgIpc) is 3.66. The number of carboxylic acids is 1. The first-order chi connectivity index (χ1) is 26.6. The SMILES string of the molecule is CCNCC.Cc1c2c(nn1C)C(CCN1CCOCC1)N(C)S(=O)(=O)CCCn1c(C(=O)O)c(CCCOc3cccc4ccccc34)c3cccc-2c31. The zero-order valence-corrected chi connectivity index (χ0v) is 33.7. The lowest BCUT2D eigenvalue weighted by Gasteiger charge is -2.31. The highest BCUT2D eigenvalue weighted by Gasteiger charge is 2.35. The number of nitrogens with one attached hydrogen (secondary N) is 1. The number of para-hydroxylation sites is 1. The van der Waals surface area contributed by atoms with Gasteiger partial charge in [-0.25, -0.2) is 13.2 Å². The third kappa shape index (κ3) is 8.76. The molecule has 55 heavy (non-hydrogen) atoms. The summed E-state index contributed by atoms with van der Waals surface area (Å²) in [7, 11) is -0.164. The summed E-state index contributed by atoms with van der Waals surface area (Å²) in [5, 5.41) is 21.8. The second kappa shape index (κ2) is 18.1. The number of ether oxygens (including phenoxy) is 2. The highest BCUT2D eigenvalue weighted by molar-refractivity contribution is 7.89. The van der Waals surface area contributed by atoms with Crippen LogP contribution in [0.2, 0.25) is 0 Å². The van der Waals surface area contributed by atoms with Crippen molar-refractivity contribution in [3.63, 3.8) is 0 Å². The Labute approximate surface area is 325 Å². The Kier molecular flexibility index (Phi) is 13.3. The molecule has 4 heterocycles. The maximum absolute atomic E-state index is 13.9. The smallest absolute Gasteiger partial charge is 0.352 e. The molecule has 5 aromatic rings. The van der Waals surface area contributed by atoms with Gasteiger partial charge in [0.1, 0.15) is 11.4 Å². The molecule has 0 saturated carbocycles. The predicted octanol–water partition coefficient (Wildman–Crippen LogP) is 6.26. The number of aromatic nitrogens is 3. The van der Waals surface area contributed by atoms with Gasteiger partial charge in [-0.3, -0.25) is 9.58 Å². The Bertz CT molecular complexity index is 2200. The van der Waals surface area contributed by atoms with E-state index in [0.717, 1.165) is 76.0 Å². The number of morpholine rings is 1. The van der Waals surface area contributed by atoms with Gasteiger partial charge in [0.15, 0.2) is 0 Å². The summed E-state index contributed by atoms with van der Waals surface area (Å²) in [4.78, 5) is 15.4. The number of fused-ring (bicyclic) bond motifs is 3. The fraction of sp³-hybridized carbons (Fsp3) is 0.476. The summed E-state index contributed by atoms with van der Waals surface area (Å²) < 4.78 is 44.8. The predicted molar refractivity (Wildman–Crippen MR) is 219 cm³/mol. The summed E-state index contributed by atoms with van der Waals surface area (Å²) in [6.07, 6.45) is 1.93. The molecule has 7 rings (SSSR count). The van der Waals surface area contributed by atoms with Crippen molar-refractivity contribution in [2.45, 2.75) is 59.0 Å². The number of aryl methyl sites for hydroxylation is 3. The average molecular weight is 773 g/mol. The van der Waals surface area contributed by atoms with Gasteiger partial charge in [0, 0.05) is 67.9 Å². The number of carboxylic acid groups (broad SMARTS) is 1. The van der Waals surface area contributed by atoms with E-state index in [1.165, 1.54) is 4.31 Å². The maximum Gasteiger partial charge on any atom is 0.352 e. The van der Waals surface area contributed by atoms with Crippen LogP contribution in [0.5, 0.6) is 5.75 Å². The zero-order chi connectivity index (χ0) is 39.1. The molecule has 0 aliphatic carbocycles. The van der Waals surface area contributed by atoms with Crippen LogP contribution in [0.1, 0.15) is 66.6 Å². The molecule has 1 atom stereocenters. The van der Waals surface area contributed by atoms with Gasteiger partial charge >= 0.3 is 5.97 Å². The van der Waals surface area contributed by atoms with Crippen molar-refractivity contribution in [3.8, 4) is 16.9 Å². The second-order valence-corrected chi connectivity index (χ2v) is 16.4. The van der Waals surface area contributed by atoms with Crippen molar-refractivity contribution >= 4 is 37.7 Å². The number of benzene rings is 3. The molecular weight excluding hydrogens is 717 g/mol. The van der Waals surface area contributed by atoms with E-state index in [2.05, 4.69) is 36.2 Å². The van der Waals surface area contributed by atoms with Crippen molar-refractivity contribution in [2.24, 2.45) is 7.05 Å². The quantitative estimate of drug-likeness (QED) is 0.150. The molecule has 13 heteroatoms. The lowest BCUT2D eigenvalue weighted by molar-refractivity contribution is 0.0351. The van der Waals surface area contributed by atoms with E-state index < -0.39 is 22.0 Å². The number of sulfonamides is 1. The van der Waals surface area contributed by atoms with Crippen molar-refractivity contribution in [1.29, 1.82) is 0 Å². The number of carbonyl (C=O) groups is 1. The molecule has 1 saturated heterocycles. The lowest BCUT2D eigenvalue weighted by Crippen LogP contribution is -2.40. The largest absolute Gasteiger partial charge is 0.493 e. The minimum Gasteiger partial charge on any atom is -0.493 e. The standard InChI is InChI=1S/C38H45N5O6S.C4H11N/c1-26-34-31-14-7-13-29-30(15-8-22-49-33-16-6-11-27-10-4-5-12-28(27)33)37(38(44)45)43(36(29)31)18-9-25-50(46,47)41(3)32(35(34)39-40(26)2)17-19-42-20-23-48-24-21-42;1-3-5-4-2/h4-7,10-14,16,32H,8-9,15,17-25H2,1-3H3,(H,44,45);5H,3-4H2,1-2H3. The zero-order valence-electron chi connectivity index (χ0n) is 32.9. The van der Waals surface area contributed by atoms with E-state index >= 15 is 0 Å². The first-order valence-electron chi connectivity index (χ1n) is 19.6. The molecule has 0 radical (unpaired) electrons. The number of hydrogen-bond donors (Lipinski definition) is 2. The van der Waals surface area contributed by atoms with E-state index in [1.54, 1.807) is 7.05 Å². The minimum atomic E-state index is -3.70. The monoisotopic (exact) mass is 772 g/mol. The van der Waals surface area contributed by atoms with Gasteiger partial charge in [-0.2, -0.15) is 9.40 Å². The molecule has 1 unspecified atom stereocenters. The van der Waals surface area contributed by atoms with Gasteiger partial charge in [0.05, 0.1) is 42.8 Å². The van der Waals surface area contributed by atoms with Crippen LogP contribution in [0, 0.1) is 6.92 Å². The first-order valence-corrected chi connectivity index (χ1v) is 21.2. The molecule has 0 amide bonds. The van der Waals surface area contributed by atoms with Gasteiger partial charge in [-0.15, -0.1) is 0 Å². The fourth-order valence-corrected chi connectivity index (χ4v) is 9.34. The van der Waals surface area contributed by atoms with E-state index in [-0.39, 0.29) is 24.4 Å². The summed E-state index contributed by atoms with van der Waals surface area (Å²) in [5.74, 6) is -0.332. The van der Waals surface area contributed by atoms with Gasteiger partial charge in [-0.05, 0) is 62.7 Å². The molecule has 2 N–H and O–H groups in total. The number of hydrogen-bond acceptors (Lipinski definition) is 8. The van der Waals surface area contributed by atoms with Crippen LogP contribution in [0.3, 0.4) is 0 Å². The lowest BCUT2D eigenvalue weighted by atomic mass is 9.95. The van der Waals surface area contributed by atoms with Crippen LogP contribution >= 0.6 is 0 Å². The van der Waals surface area contributed by atoms with Crippen LogP contribution in [-0.4, -0.2) is 108 Å². The van der Waals surface area contributed by atoms with E-state index in [4.69, 9.17) is 14.6 Å². The number of aromatic carboxylic acids is 1. The summed E-state index contributed by atoms with van der Waals surface area (Å²) in [6, 6.07) is 19.6. The summed E-state index contributed by atoms with van der Waals surface area (Å²) >= 11 is 0. The van der Waals surface area contributed by atoms with Crippen LogP contribution in [0.4, 0.5) is 0 Å². The van der Waals surface area contributed by atoms with Crippen LogP contribution in [-0.2, 0) is 34.8 Å². The molecule has 2 aliphatic heterocycles. The summed E-state index contributed by atoms with van der Waals surface area (Å²) in [6.45, 7) is 12.7. The third-order valence-corrected chi connectivity index (χ3v) is 12.8. The molecule has 2 aromatic heterocycles. The highest BCUT2D eigenvalue weighted by atomic mass is 32.2. The Morgan fingerprint density at radius 2 is 1.69 bits per heavy atom. The highest BCUT2D eigenvalue weighted by Crippen LogP contribution is 2.42. The normalized spacial score (nSPS) is 17.7. The number of nitrogens with zero attached hydrogens (tertiary/aromatic N) is 5. The van der Waals surface area contributed by atoms with Gasteiger partial charge in [0.2, 0.25) is 10.0 Å². The molecule has 296 valence electrons. The van der Waals surface area contributed by atoms with Gasteiger partial charge in [-0.1, -0.05) is 68.4 Å². The third-order valence-electron chi connectivity index (χ3n) is 10.9. The molecular formula is C42H56N6O6S. The topological polar surface area (TPSA) is 131 Å². The van der Waals surface area contributed by atoms with Crippen LogP contribution in [0.15, 0.2) is 60.7 Å². The fourth-order valence-electron chi connectivity index (χ4n) is 7.97. The Balaban J connectivity index is 0.000000967. The second-order valence-electron chi connectivity index (χ2n) is 14.3. The molecule has 0 spiro atoms. The minimum absolute atomic E-state index is 0.103. The van der Waals surface area contributed by atoms with Crippen LogP contribution < -0.4 is 10.1 Å². The Morgan fingerprint density at radius 3 is 2.42 bits per heavy atom. The first kappa shape index (κ1) is 40.4. The molecule has 0 bridgehead atoms. The van der Waals surface area contributed by atoms with E-state index in [0.29, 0.717) is 51.3 Å². The van der Waals surface area contributed by atoms with Crippen molar-refractivity contribution < 1.29 is 27.8 Å². The Hall–Kier alpha value is -4.27. The van der Waals surface area contributed by atoms with E-state index in [9.17, 15) is 18.3 Å². The van der Waals surface area contributed by atoms with Crippen molar-refractivity contribution in [3.05, 3.63) is 83.3 Å². The molecule has 1 fully saturated rings.